The molecule has 158 valence electrons. The van der Waals surface area contributed by atoms with E-state index in [1.807, 2.05) is 85.4 Å². The van der Waals surface area contributed by atoms with Crippen LogP contribution < -0.4 is 4.74 Å². The summed E-state index contributed by atoms with van der Waals surface area (Å²) in [6.45, 7) is 4.21. The van der Waals surface area contributed by atoms with Gasteiger partial charge in [0.05, 0.1) is 18.7 Å². The number of carboxylic acids is 1. The molecule has 31 heavy (non-hydrogen) atoms. The van der Waals surface area contributed by atoms with Crippen LogP contribution in [0.2, 0.25) is 0 Å². The second-order valence-corrected chi connectivity index (χ2v) is 7.37. The molecule has 0 saturated heterocycles. The molecule has 0 atom stereocenters. The largest absolute Gasteiger partial charge is 0.493 e. The lowest BCUT2D eigenvalue weighted by molar-refractivity contribution is -0.136. The summed E-state index contributed by atoms with van der Waals surface area (Å²) in [4.78, 5) is 15.8. The Hall–Kier alpha value is -3.80. The molecule has 0 fully saturated rings. The van der Waals surface area contributed by atoms with Gasteiger partial charge in [-0.15, -0.1) is 0 Å². The van der Waals surface area contributed by atoms with Crippen molar-refractivity contribution in [2.45, 2.75) is 26.7 Å². The standard InChI is InChI=1S/C25H24N2O4/c1-17-24(26-18(2)31-17)11-12-30-22-10-6-7-19(13-22)23-16-27(15-20(23)14-25(28)29)21-8-4-3-5-9-21/h3-10,13,15-16H,11-12,14H2,1-2H3,(H,28,29). The van der Waals surface area contributed by atoms with Gasteiger partial charge in [0.25, 0.3) is 0 Å². The van der Waals surface area contributed by atoms with Crippen molar-refractivity contribution in [3.05, 3.63) is 89.9 Å². The number of hydrogen-bond acceptors (Lipinski definition) is 4. The van der Waals surface area contributed by atoms with Crippen LogP contribution in [0.3, 0.4) is 0 Å². The first-order valence-corrected chi connectivity index (χ1v) is 10.1. The molecule has 6 heteroatoms. The third-order valence-electron chi connectivity index (χ3n) is 5.06. The summed E-state index contributed by atoms with van der Waals surface area (Å²) in [7, 11) is 0. The second kappa shape index (κ2) is 8.92. The number of hydrogen-bond donors (Lipinski definition) is 1. The van der Waals surface area contributed by atoms with E-state index in [9.17, 15) is 9.90 Å². The molecular weight excluding hydrogens is 392 g/mol. The maximum absolute atomic E-state index is 11.4. The molecule has 2 aromatic carbocycles. The quantitative estimate of drug-likeness (QED) is 0.437. The molecule has 1 N–H and O–H groups in total. The summed E-state index contributed by atoms with van der Waals surface area (Å²) in [5.41, 5.74) is 4.42. The monoisotopic (exact) mass is 416 g/mol. The lowest BCUT2D eigenvalue weighted by Crippen LogP contribution is -2.03. The number of oxazole rings is 1. The van der Waals surface area contributed by atoms with Crippen molar-refractivity contribution >= 4 is 5.97 Å². The second-order valence-electron chi connectivity index (χ2n) is 7.37. The number of aromatic nitrogens is 2. The van der Waals surface area contributed by atoms with Gasteiger partial charge in [0.15, 0.2) is 5.89 Å². The van der Waals surface area contributed by atoms with Crippen LogP contribution in [0.25, 0.3) is 16.8 Å². The Kier molecular flexibility index (Phi) is 5.89. The van der Waals surface area contributed by atoms with Crippen molar-refractivity contribution in [3.63, 3.8) is 0 Å². The SMILES string of the molecule is Cc1nc(CCOc2cccc(-c3cn(-c4ccccc4)cc3CC(=O)O)c2)c(C)o1. The Balaban J connectivity index is 1.56. The number of aliphatic carboxylic acids is 1. The summed E-state index contributed by atoms with van der Waals surface area (Å²) in [5.74, 6) is 1.33. The molecule has 0 unspecified atom stereocenters. The Morgan fingerprint density at radius 1 is 1.10 bits per heavy atom. The smallest absolute Gasteiger partial charge is 0.307 e. The van der Waals surface area contributed by atoms with E-state index >= 15 is 0 Å². The number of para-hydroxylation sites is 1. The van der Waals surface area contributed by atoms with E-state index in [4.69, 9.17) is 9.15 Å². The van der Waals surface area contributed by atoms with Gasteiger partial charge < -0.3 is 18.8 Å². The van der Waals surface area contributed by atoms with E-state index in [0.717, 1.165) is 39.6 Å². The molecule has 0 aliphatic heterocycles. The lowest BCUT2D eigenvalue weighted by atomic mass is 10.0. The molecule has 0 radical (unpaired) electrons. The topological polar surface area (TPSA) is 77.5 Å². The number of ether oxygens (including phenoxy) is 1. The van der Waals surface area contributed by atoms with Crippen molar-refractivity contribution in [3.8, 4) is 22.6 Å². The van der Waals surface area contributed by atoms with Gasteiger partial charge in [0.1, 0.15) is 11.5 Å². The molecule has 4 aromatic rings. The fourth-order valence-electron chi connectivity index (χ4n) is 3.63. The molecule has 0 aliphatic carbocycles. The predicted octanol–water partition coefficient (Wildman–Crippen LogP) is 5.00. The zero-order valence-electron chi connectivity index (χ0n) is 17.5. The van der Waals surface area contributed by atoms with Gasteiger partial charge in [0.2, 0.25) is 0 Å². The number of carbonyl (C=O) groups is 1. The van der Waals surface area contributed by atoms with Crippen LogP contribution in [0.5, 0.6) is 5.75 Å². The first-order valence-electron chi connectivity index (χ1n) is 10.1. The van der Waals surface area contributed by atoms with Crippen LogP contribution >= 0.6 is 0 Å². The van der Waals surface area contributed by atoms with E-state index in [0.29, 0.717) is 18.9 Å². The molecule has 6 nitrogen and oxygen atoms in total. The Labute approximate surface area is 180 Å². The fourth-order valence-corrected chi connectivity index (χ4v) is 3.63. The Bertz CT molecular complexity index is 1190. The van der Waals surface area contributed by atoms with Crippen molar-refractivity contribution < 1.29 is 19.1 Å². The summed E-state index contributed by atoms with van der Waals surface area (Å²) >= 11 is 0. The van der Waals surface area contributed by atoms with Crippen LogP contribution in [0.1, 0.15) is 22.9 Å². The first-order chi connectivity index (χ1) is 15.0. The van der Waals surface area contributed by atoms with Crippen LogP contribution in [0.4, 0.5) is 0 Å². The van der Waals surface area contributed by atoms with Gasteiger partial charge in [0, 0.05) is 37.0 Å². The molecule has 0 bridgehead atoms. The van der Waals surface area contributed by atoms with Gasteiger partial charge in [-0.25, -0.2) is 4.98 Å². The Morgan fingerprint density at radius 3 is 2.61 bits per heavy atom. The van der Waals surface area contributed by atoms with Gasteiger partial charge in [-0.3, -0.25) is 4.79 Å². The number of benzene rings is 2. The lowest BCUT2D eigenvalue weighted by Gasteiger charge is -2.08. The highest BCUT2D eigenvalue weighted by molar-refractivity contribution is 5.77. The summed E-state index contributed by atoms with van der Waals surface area (Å²) in [6, 6.07) is 17.6. The summed E-state index contributed by atoms with van der Waals surface area (Å²) in [5, 5.41) is 9.37. The van der Waals surface area contributed by atoms with E-state index < -0.39 is 5.97 Å². The number of nitrogens with zero attached hydrogens (tertiary/aromatic N) is 2. The maximum atomic E-state index is 11.4. The Morgan fingerprint density at radius 2 is 1.90 bits per heavy atom. The molecule has 0 amide bonds. The highest BCUT2D eigenvalue weighted by Crippen LogP contribution is 2.30. The van der Waals surface area contributed by atoms with Crippen molar-refractivity contribution in [1.82, 2.24) is 9.55 Å². The average Bonchev–Trinajstić information content (AvgIpc) is 3.31. The fraction of sp³-hybridized carbons (Fsp3) is 0.200. The van der Waals surface area contributed by atoms with E-state index in [1.165, 1.54) is 0 Å². The van der Waals surface area contributed by atoms with Gasteiger partial charge in [-0.05, 0) is 42.3 Å². The normalized spacial score (nSPS) is 10.9. The molecule has 4 rings (SSSR count). The van der Waals surface area contributed by atoms with Crippen molar-refractivity contribution in [1.29, 1.82) is 0 Å². The van der Waals surface area contributed by atoms with Gasteiger partial charge in [-0.1, -0.05) is 30.3 Å². The van der Waals surface area contributed by atoms with E-state index in [-0.39, 0.29) is 6.42 Å². The molecule has 0 saturated carbocycles. The summed E-state index contributed by atoms with van der Waals surface area (Å²) < 4.78 is 13.4. The predicted molar refractivity (Wildman–Crippen MR) is 118 cm³/mol. The molecule has 0 aliphatic rings. The highest BCUT2D eigenvalue weighted by Gasteiger charge is 2.14. The van der Waals surface area contributed by atoms with Gasteiger partial charge in [-0.2, -0.15) is 0 Å². The number of carboxylic acid groups (broad SMARTS) is 1. The van der Waals surface area contributed by atoms with Crippen LogP contribution in [0.15, 0.2) is 71.4 Å². The van der Waals surface area contributed by atoms with Crippen LogP contribution in [0, 0.1) is 13.8 Å². The first kappa shape index (κ1) is 20.5. The zero-order valence-corrected chi connectivity index (χ0v) is 17.5. The van der Waals surface area contributed by atoms with Gasteiger partial charge >= 0.3 is 5.97 Å². The molecule has 0 spiro atoms. The van der Waals surface area contributed by atoms with Crippen LogP contribution in [-0.4, -0.2) is 27.2 Å². The molecular formula is C25H24N2O4. The summed E-state index contributed by atoms with van der Waals surface area (Å²) in [6.07, 6.45) is 4.45. The maximum Gasteiger partial charge on any atom is 0.307 e. The minimum atomic E-state index is -0.863. The highest BCUT2D eigenvalue weighted by atomic mass is 16.5. The van der Waals surface area contributed by atoms with E-state index in [2.05, 4.69) is 4.98 Å². The number of rotatable bonds is 8. The third-order valence-corrected chi connectivity index (χ3v) is 5.06. The van der Waals surface area contributed by atoms with Crippen molar-refractivity contribution in [2.24, 2.45) is 0 Å². The van der Waals surface area contributed by atoms with Crippen LogP contribution in [-0.2, 0) is 17.6 Å². The minimum Gasteiger partial charge on any atom is -0.493 e. The van der Waals surface area contributed by atoms with Crippen molar-refractivity contribution in [2.75, 3.05) is 6.61 Å². The zero-order chi connectivity index (χ0) is 21.8. The third kappa shape index (κ3) is 4.86. The average molecular weight is 416 g/mol. The minimum absolute atomic E-state index is 0.0506. The molecule has 2 heterocycles. The molecule has 2 aromatic heterocycles. The van der Waals surface area contributed by atoms with E-state index in [1.54, 1.807) is 0 Å². The number of aryl methyl sites for hydroxylation is 2.